The van der Waals surface area contributed by atoms with Gasteiger partial charge in [0.2, 0.25) is 6.23 Å². The Morgan fingerprint density at radius 1 is 1.42 bits per heavy atom. The molecule has 0 unspecified atom stereocenters. The highest BCUT2D eigenvalue weighted by Gasteiger charge is 2.46. The standard InChI is InChI=1S/C9H12IN3O6/c10-3-4-5(14)6(15)7(16)8(19-4)12-2-1-11-9(12)13(17)18/h1-2,4-8,14-16H,3H2/t4-,5+,6+,7-,8-/m1/s1/i10-4. The van der Waals surface area contributed by atoms with Gasteiger partial charge in [0.05, 0.1) is 6.10 Å². The van der Waals surface area contributed by atoms with Gasteiger partial charge in [-0.15, -0.1) is 0 Å². The molecule has 0 bridgehead atoms. The maximum atomic E-state index is 10.8. The number of halogens is 1. The second-order valence-corrected chi connectivity index (χ2v) is 4.96. The van der Waals surface area contributed by atoms with Crippen molar-refractivity contribution in [2.75, 3.05) is 4.43 Å². The number of nitro groups is 1. The number of hydrogen-bond donors (Lipinski definition) is 3. The predicted molar refractivity (Wildman–Crippen MR) is 69.7 cm³/mol. The minimum absolute atomic E-state index is 0.363. The fourth-order valence-electron chi connectivity index (χ4n) is 1.93. The van der Waals surface area contributed by atoms with E-state index >= 15 is 0 Å². The van der Waals surface area contributed by atoms with Gasteiger partial charge in [-0.25, -0.2) is 0 Å². The van der Waals surface area contributed by atoms with Crippen molar-refractivity contribution in [3.63, 3.8) is 0 Å². The van der Waals surface area contributed by atoms with Gasteiger partial charge < -0.3 is 30.2 Å². The maximum Gasteiger partial charge on any atom is 0.436 e. The van der Waals surface area contributed by atoms with Crippen molar-refractivity contribution >= 4 is 28.5 Å². The Kier molecular flexibility index (Phi) is 4.35. The summed E-state index contributed by atoms with van der Waals surface area (Å²) in [6.45, 7) is 0. The second-order valence-electron chi connectivity index (χ2n) is 4.08. The van der Waals surface area contributed by atoms with Crippen LogP contribution in [0.15, 0.2) is 12.4 Å². The molecule has 19 heavy (non-hydrogen) atoms. The van der Waals surface area contributed by atoms with E-state index in [9.17, 15) is 25.4 Å². The molecule has 0 spiro atoms. The molecule has 1 aliphatic rings. The topological polar surface area (TPSA) is 131 Å². The van der Waals surface area contributed by atoms with Crippen LogP contribution in [0.5, 0.6) is 0 Å². The van der Waals surface area contributed by atoms with E-state index in [-0.39, 0.29) is 0 Å². The summed E-state index contributed by atoms with van der Waals surface area (Å²) in [6, 6.07) is 0. The van der Waals surface area contributed by atoms with Gasteiger partial charge in [-0.1, -0.05) is 27.6 Å². The summed E-state index contributed by atoms with van der Waals surface area (Å²) >= 11 is 1.95. The van der Waals surface area contributed by atoms with E-state index in [2.05, 4.69) is 4.98 Å². The summed E-state index contributed by atoms with van der Waals surface area (Å²) in [6.07, 6.45) is -3.59. The zero-order valence-electron chi connectivity index (χ0n) is 9.53. The van der Waals surface area contributed by atoms with Crippen LogP contribution in [0, 0.1) is 10.1 Å². The molecule has 2 heterocycles. The van der Waals surface area contributed by atoms with Crippen molar-refractivity contribution in [2.45, 2.75) is 30.6 Å². The quantitative estimate of drug-likeness (QED) is 0.271. The molecule has 1 aliphatic heterocycles. The number of aliphatic hydroxyl groups is 3. The van der Waals surface area contributed by atoms with Crippen LogP contribution in [0.4, 0.5) is 5.95 Å². The molecule has 0 saturated carbocycles. The average molecular weight is 381 g/mol. The molecule has 1 fully saturated rings. The van der Waals surface area contributed by atoms with Crippen LogP contribution < -0.4 is 0 Å². The number of ether oxygens (including phenoxy) is 1. The average Bonchev–Trinajstić information content (AvgIpc) is 2.85. The summed E-state index contributed by atoms with van der Waals surface area (Å²) < 4.78 is 6.81. The molecule has 9 nitrogen and oxygen atoms in total. The molecule has 2 rings (SSSR count). The molecule has 0 aliphatic carbocycles. The van der Waals surface area contributed by atoms with E-state index in [4.69, 9.17) is 4.74 Å². The summed E-state index contributed by atoms with van der Waals surface area (Å²) in [5, 5.41) is 40.2. The Hall–Kier alpha value is -0.820. The van der Waals surface area contributed by atoms with Crippen molar-refractivity contribution in [3.05, 3.63) is 22.5 Å². The fourth-order valence-corrected chi connectivity index (χ4v) is 2.66. The number of imidazole rings is 1. The lowest BCUT2D eigenvalue weighted by Gasteiger charge is -2.38. The van der Waals surface area contributed by atoms with Crippen LogP contribution in [-0.2, 0) is 4.74 Å². The first-order valence-electron chi connectivity index (χ1n) is 5.40. The summed E-state index contributed by atoms with van der Waals surface area (Å²) in [5.74, 6) is -0.500. The highest BCUT2D eigenvalue weighted by atomic mass is 123. The molecule has 10 heteroatoms. The smallest absolute Gasteiger partial charge is 0.390 e. The van der Waals surface area contributed by atoms with Crippen molar-refractivity contribution in [2.24, 2.45) is 0 Å². The van der Waals surface area contributed by atoms with Gasteiger partial charge in [0, 0.05) is 4.43 Å². The fraction of sp³-hybridized carbons (Fsp3) is 0.667. The Labute approximate surface area is 121 Å². The minimum Gasteiger partial charge on any atom is -0.390 e. The zero-order chi connectivity index (χ0) is 14.2. The van der Waals surface area contributed by atoms with Gasteiger partial charge in [0.25, 0.3) is 0 Å². The van der Waals surface area contributed by atoms with Crippen molar-refractivity contribution < 1.29 is 25.0 Å². The molecular weight excluding hydrogens is 369 g/mol. The van der Waals surface area contributed by atoms with E-state index in [1.165, 1.54) is 12.4 Å². The first-order chi connectivity index (χ1) is 8.97. The molecule has 1 aromatic heterocycles. The van der Waals surface area contributed by atoms with Crippen LogP contribution in [0.1, 0.15) is 6.23 Å². The number of aromatic nitrogens is 2. The van der Waals surface area contributed by atoms with Crippen LogP contribution in [-0.4, -0.2) is 58.6 Å². The first-order valence-corrected chi connectivity index (χ1v) is 6.92. The molecule has 0 radical (unpaired) electrons. The normalized spacial score (nSPS) is 35.3. The van der Waals surface area contributed by atoms with Crippen LogP contribution >= 0.6 is 22.6 Å². The third-order valence-electron chi connectivity index (χ3n) is 2.92. The number of rotatable bonds is 3. The summed E-state index contributed by atoms with van der Waals surface area (Å²) in [7, 11) is 0. The Morgan fingerprint density at radius 2 is 2.11 bits per heavy atom. The highest BCUT2D eigenvalue weighted by Crippen LogP contribution is 2.31. The Balaban J connectivity index is 2.32. The number of nitrogens with zero attached hydrogens (tertiary/aromatic N) is 3. The van der Waals surface area contributed by atoms with Gasteiger partial charge in [-0.2, -0.15) is 4.57 Å². The van der Waals surface area contributed by atoms with E-state index in [0.717, 1.165) is 4.57 Å². The largest absolute Gasteiger partial charge is 0.436 e. The molecule has 5 atom stereocenters. The lowest BCUT2D eigenvalue weighted by Crippen LogP contribution is -2.55. The lowest BCUT2D eigenvalue weighted by molar-refractivity contribution is -0.400. The second kappa shape index (κ2) is 5.66. The Bertz CT molecular complexity index is 467. The van der Waals surface area contributed by atoms with Gasteiger partial charge >= 0.3 is 5.95 Å². The third kappa shape index (κ3) is 2.58. The molecule has 1 saturated heterocycles. The molecule has 1 aromatic rings. The van der Waals surface area contributed by atoms with E-state index < -0.39 is 41.5 Å². The summed E-state index contributed by atoms with van der Waals surface area (Å²) in [5.41, 5.74) is 0. The number of aliphatic hydroxyl groups excluding tert-OH is 3. The van der Waals surface area contributed by atoms with Gasteiger partial charge in [0.1, 0.15) is 30.7 Å². The van der Waals surface area contributed by atoms with E-state index in [0.29, 0.717) is 4.43 Å². The van der Waals surface area contributed by atoms with Gasteiger partial charge in [-0.3, -0.25) is 0 Å². The predicted octanol–water partition coefficient (Wildman–Crippen LogP) is -0.794. The molecule has 0 amide bonds. The molecule has 0 aromatic carbocycles. The third-order valence-corrected chi connectivity index (χ3v) is 3.79. The molecule has 106 valence electrons. The van der Waals surface area contributed by atoms with Crippen LogP contribution in [0.25, 0.3) is 0 Å². The zero-order valence-corrected chi connectivity index (χ0v) is 11.7. The van der Waals surface area contributed by atoms with Gasteiger partial charge in [0.15, 0.2) is 0 Å². The highest BCUT2D eigenvalue weighted by molar-refractivity contribution is 14.1. The van der Waals surface area contributed by atoms with Crippen molar-refractivity contribution in [3.8, 4) is 0 Å². The minimum atomic E-state index is -1.48. The number of alkyl halides is 1. The van der Waals surface area contributed by atoms with Gasteiger partial charge in [-0.05, 0) is 4.92 Å². The lowest BCUT2D eigenvalue weighted by atomic mass is 9.99. The molecular formula is C9H12IN3O6. The monoisotopic (exact) mass is 381 g/mol. The number of hydrogen-bond acceptors (Lipinski definition) is 7. The van der Waals surface area contributed by atoms with E-state index in [1.807, 2.05) is 22.6 Å². The van der Waals surface area contributed by atoms with Crippen molar-refractivity contribution in [1.82, 2.24) is 9.55 Å². The first kappa shape index (κ1) is 14.6. The Morgan fingerprint density at radius 3 is 2.68 bits per heavy atom. The van der Waals surface area contributed by atoms with Crippen molar-refractivity contribution in [1.29, 1.82) is 0 Å². The van der Waals surface area contributed by atoms with Crippen LogP contribution in [0.3, 0.4) is 0 Å². The summed E-state index contributed by atoms with van der Waals surface area (Å²) in [4.78, 5) is 13.6. The SMILES string of the molecule is O=[N+]([O-])c1nccn1[C@@H]1O[C@H](C[123I])[C@H](O)[C@H](O)[C@H]1O. The maximum absolute atomic E-state index is 10.8. The van der Waals surface area contributed by atoms with E-state index in [1.54, 1.807) is 0 Å². The van der Waals surface area contributed by atoms with Crippen LogP contribution in [0.2, 0.25) is 0 Å². The molecule has 3 N–H and O–H groups in total.